The maximum atomic E-state index is 11.6. The van der Waals surface area contributed by atoms with Gasteiger partial charge >= 0.3 is 5.97 Å². The van der Waals surface area contributed by atoms with Crippen LogP contribution in [0.4, 0.5) is 17.1 Å². The maximum Gasteiger partial charge on any atom is 0.346 e. The zero-order valence-corrected chi connectivity index (χ0v) is 43.8. The van der Waals surface area contributed by atoms with Crippen LogP contribution in [-0.2, 0) is 23.1 Å². The minimum atomic E-state index is -1.32. The number of methoxy groups -OCH3 is 2. The molecule has 10 rings (SSSR count). The number of aromatic nitrogens is 2. The number of hydrogen-bond donors (Lipinski definition) is 1. The van der Waals surface area contributed by atoms with E-state index in [0.29, 0.717) is 11.3 Å². The summed E-state index contributed by atoms with van der Waals surface area (Å²) in [5.74, 6) is 1.02. The van der Waals surface area contributed by atoms with Gasteiger partial charge in [-0.25, -0.2) is 4.79 Å². The highest BCUT2D eigenvalue weighted by atomic mass is 32.1. The fourth-order valence-electron chi connectivity index (χ4n) is 10.5. The highest BCUT2D eigenvalue weighted by molar-refractivity contribution is 7.19. The van der Waals surface area contributed by atoms with E-state index in [-0.39, 0.29) is 5.76 Å². The second kappa shape index (κ2) is 22.1. The molecule has 74 heavy (non-hydrogen) atoms. The number of aryl methyl sites for hydroxylation is 2. The third kappa shape index (κ3) is 9.63. The lowest BCUT2D eigenvalue weighted by molar-refractivity contribution is -0.132. The zero-order valence-electron chi connectivity index (χ0n) is 42.2. The normalized spacial score (nSPS) is 12.6. The van der Waals surface area contributed by atoms with Crippen LogP contribution in [0, 0.1) is 11.3 Å². The summed E-state index contributed by atoms with van der Waals surface area (Å²) in [7, 11) is 3.39. The quantitative estimate of drug-likeness (QED) is 0.0426. The number of hydrogen-bond acceptors (Lipinski definition) is 10. The van der Waals surface area contributed by atoms with E-state index in [1.54, 1.807) is 43.8 Å². The van der Waals surface area contributed by atoms with E-state index in [4.69, 9.17) is 22.6 Å². The van der Waals surface area contributed by atoms with Gasteiger partial charge in [-0.3, -0.25) is 0 Å². The van der Waals surface area contributed by atoms with Gasteiger partial charge in [0.05, 0.1) is 31.4 Å². The minimum Gasteiger partial charge on any atom is -0.497 e. The number of nitriles is 1. The van der Waals surface area contributed by atoms with E-state index >= 15 is 0 Å². The van der Waals surface area contributed by atoms with Crippen LogP contribution in [0.3, 0.4) is 0 Å². The molecule has 1 aliphatic rings. The number of benzene rings is 6. The molecule has 0 bridgehead atoms. The summed E-state index contributed by atoms with van der Waals surface area (Å²) in [5, 5.41) is 18.9. The second-order valence-electron chi connectivity index (χ2n) is 18.9. The largest absolute Gasteiger partial charge is 0.497 e. The van der Waals surface area contributed by atoms with Gasteiger partial charge in [0.1, 0.15) is 45.7 Å². The van der Waals surface area contributed by atoms with Gasteiger partial charge in [0.25, 0.3) is 0 Å². The van der Waals surface area contributed by atoms with E-state index < -0.39 is 17.0 Å². The van der Waals surface area contributed by atoms with Crippen LogP contribution < -0.4 is 14.4 Å². The Hall–Kier alpha value is -7.78. The molecule has 0 spiro atoms. The maximum absolute atomic E-state index is 11.6. The van der Waals surface area contributed by atoms with Crippen molar-refractivity contribution in [3.8, 4) is 49.8 Å². The predicted octanol–water partition coefficient (Wildman–Crippen LogP) is 16.8. The molecule has 0 amide bonds. The molecule has 0 atom stereocenters. The lowest BCUT2D eigenvalue weighted by Gasteiger charge is -2.35. The monoisotopic (exact) mass is 1010 g/mol. The summed E-state index contributed by atoms with van der Waals surface area (Å²) in [6, 6.07) is 54.0. The number of aliphatic carboxylic acids is 1. The van der Waals surface area contributed by atoms with Crippen LogP contribution in [0.1, 0.15) is 104 Å². The topological polar surface area (TPSA) is 122 Å². The predicted molar refractivity (Wildman–Crippen MR) is 300 cm³/mol. The molecule has 3 aromatic heterocycles. The van der Waals surface area contributed by atoms with Crippen molar-refractivity contribution >= 4 is 63.2 Å². The van der Waals surface area contributed by atoms with Crippen molar-refractivity contribution in [1.82, 2.24) is 8.75 Å². The van der Waals surface area contributed by atoms with Crippen molar-refractivity contribution in [2.24, 2.45) is 0 Å². The van der Waals surface area contributed by atoms with Gasteiger partial charge in [0, 0.05) is 44.0 Å². The number of carboxylic acid groups (broad SMARTS) is 1. The fourth-order valence-corrected chi connectivity index (χ4v) is 12.4. The van der Waals surface area contributed by atoms with Gasteiger partial charge in [-0.05, 0) is 150 Å². The molecule has 11 heteroatoms. The molecule has 0 fully saturated rings. The number of nitrogens with zero attached hydrogens (tertiary/aromatic N) is 4. The summed E-state index contributed by atoms with van der Waals surface area (Å²) < 4.78 is 27.0. The van der Waals surface area contributed by atoms with E-state index in [1.807, 2.05) is 30.3 Å². The Kier molecular flexibility index (Phi) is 14.9. The number of carbonyl (C=O) groups is 1. The molecule has 0 radical (unpaired) electrons. The van der Waals surface area contributed by atoms with Crippen molar-refractivity contribution in [2.45, 2.75) is 83.5 Å². The molecule has 6 aromatic carbocycles. The number of furan rings is 1. The first-order chi connectivity index (χ1) is 36.3. The molecule has 0 saturated carbocycles. The van der Waals surface area contributed by atoms with Gasteiger partial charge in [-0.2, -0.15) is 14.0 Å². The van der Waals surface area contributed by atoms with Crippen molar-refractivity contribution in [2.75, 3.05) is 19.1 Å². The van der Waals surface area contributed by atoms with Gasteiger partial charge in [0.2, 0.25) is 0 Å². The molecular weight excluding hydrogens is 957 g/mol. The van der Waals surface area contributed by atoms with Crippen molar-refractivity contribution in [3.63, 3.8) is 0 Å². The molecule has 0 saturated heterocycles. The second-order valence-corrected chi connectivity index (χ2v) is 20.5. The van der Waals surface area contributed by atoms with Crippen molar-refractivity contribution < 1.29 is 23.8 Å². The van der Waals surface area contributed by atoms with Crippen LogP contribution in [0.15, 0.2) is 156 Å². The standard InChI is InChI=1S/C63H58N4O5S2/c1-5-7-9-11-13-41-15-19-44(20-16-41)63(45-21-17-42(18-22-45)14-12-10-8-6-2)55-38-48(67(46-23-28-49(70-3)29-24-46)47-25-30-50(71-4)31-26-47)27-33-52(55)61-56(63)39-58(73-61)54-35-34-53(59-60(54)66-74-65-59)57-36-32-51(72-57)37-43(40-64)62(68)69/h15-39H,5-14H2,1-4H3,(H,68,69). The van der Waals surface area contributed by atoms with Gasteiger partial charge in [-0.1, -0.05) is 113 Å². The lowest BCUT2D eigenvalue weighted by atomic mass is 9.67. The first-order valence-corrected chi connectivity index (χ1v) is 27.1. The number of ether oxygens (including phenoxy) is 2. The van der Waals surface area contributed by atoms with Crippen molar-refractivity contribution in [1.29, 1.82) is 5.26 Å². The molecule has 372 valence electrons. The van der Waals surface area contributed by atoms with E-state index in [1.165, 1.54) is 101 Å². The molecule has 0 aliphatic heterocycles. The number of anilines is 3. The van der Waals surface area contributed by atoms with Crippen LogP contribution in [0.2, 0.25) is 0 Å². The molecule has 1 N–H and O–H groups in total. The molecule has 3 heterocycles. The third-order valence-electron chi connectivity index (χ3n) is 14.3. The summed E-state index contributed by atoms with van der Waals surface area (Å²) in [5.41, 5.74) is 13.7. The Bertz CT molecular complexity index is 3390. The molecule has 1 aliphatic carbocycles. The first kappa shape index (κ1) is 49.8. The number of carboxylic acids is 1. The average molecular weight is 1020 g/mol. The number of fused-ring (bicyclic) bond motifs is 4. The Morgan fingerprint density at radius 3 is 1.73 bits per heavy atom. The summed E-state index contributed by atoms with van der Waals surface area (Å²) >= 11 is 2.92. The summed E-state index contributed by atoms with van der Waals surface area (Å²) in [6.07, 6.45) is 13.0. The highest BCUT2D eigenvalue weighted by Gasteiger charge is 2.48. The van der Waals surface area contributed by atoms with Gasteiger partial charge in [-0.15, -0.1) is 11.3 Å². The zero-order chi connectivity index (χ0) is 51.2. The van der Waals surface area contributed by atoms with E-state index in [9.17, 15) is 15.2 Å². The SMILES string of the molecule is CCCCCCc1ccc(C2(c3ccc(CCCCCC)cc3)c3cc(N(c4ccc(OC)cc4)c4ccc(OC)cc4)ccc3-c3sc(-c4ccc(-c5ccc(C=C(C#N)C(=O)O)o5)c5nsnc45)cc32)cc1. The van der Waals surface area contributed by atoms with E-state index in [2.05, 4.69) is 122 Å². The summed E-state index contributed by atoms with van der Waals surface area (Å²) in [4.78, 5) is 16.2. The smallest absolute Gasteiger partial charge is 0.346 e. The van der Waals surface area contributed by atoms with Gasteiger partial charge < -0.3 is 23.9 Å². The fraction of sp³-hybridized carbons (Fsp3) is 0.238. The number of thiophene rings is 1. The Morgan fingerprint density at radius 1 is 0.649 bits per heavy atom. The van der Waals surface area contributed by atoms with Crippen LogP contribution in [0.5, 0.6) is 11.5 Å². The molecular formula is C63H58N4O5S2. The third-order valence-corrected chi connectivity index (χ3v) is 16.1. The number of rotatable bonds is 21. The Labute approximate surface area is 441 Å². The van der Waals surface area contributed by atoms with Gasteiger partial charge in [0.15, 0.2) is 0 Å². The minimum absolute atomic E-state index is 0.261. The molecule has 0 unspecified atom stereocenters. The van der Waals surface area contributed by atoms with Crippen LogP contribution in [0.25, 0.3) is 49.3 Å². The Balaban J connectivity index is 1.17. The highest BCUT2D eigenvalue weighted by Crippen LogP contribution is 2.61. The molecule has 9 aromatic rings. The van der Waals surface area contributed by atoms with E-state index in [0.717, 1.165) is 74.7 Å². The molecule has 9 nitrogen and oxygen atoms in total. The lowest BCUT2D eigenvalue weighted by Crippen LogP contribution is -2.28. The van der Waals surface area contributed by atoms with Crippen molar-refractivity contribution in [3.05, 3.63) is 190 Å². The Morgan fingerprint density at radius 2 is 1.19 bits per heavy atom. The number of unbranched alkanes of at least 4 members (excludes halogenated alkanes) is 6. The average Bonchev–Trinajstić information content (AvgIpc) is 4.27. The first-order valence-electron chi connectivity index (χ1n) is 25.5. The van der Waals surface area contributed by atoms with Crippen LogP contribution in [-0.4, -0.2) is 34.0 Å². The van der Waals surface area contributed by atoms with Crippen LogP contribution >= 0.6 is 23.1 Å². The summed E-state index contributed by atoms with van der Waals surface area (Å²) in [6.45, 7) is 4.52.